The first-order chi connectivity index (χ1) is 6.09. The predicted octanol–water partition coefficient (Wildman–Crippen LogP) is 0.912. The fourth-order valence-electron chi connectivity index (χ4n) is 0.951. The van der Waals surface area contributed by atoms with Crippen molar-refractivity contribution in [3.63, 3.8) is 0 Å². The van der Waals surface area contributed by atoms with Gasteiger partial charge < -0.3 is 15.0 Å². The molecule has 0 aliphatic carbocycles. The van der Waals surface area contributed by atoms with Gasteiger partial charge in [-0.1, -0.05) is 12.1 Å². The van der Waals surface area contributed by atoms with Gasteiger partial charge in [-0.05, 0) is 24.6 Å². The lowest BCUT2D eigenvalue weighted by molar-refractivity contribution is 0.542. The zero-order chi connectivity index (χ0) is 9.84. The van der Waals surface area contributed by atoms with Crippen molar-refractivity contribution in [1.82, 2.24) is 0 Å². The summed E-state index contributed by atoms with van der Waals surface area (Å²) in [5, 5.41) is 0. The van der Waals surface area contributed by atoms with Crippen LogP contribution < -0.4 is 10.5 Å². The van der Waals surface area contributed by atoms with E-state index in [0.29, 0.717) is 5.69 Å². The number of benzene rings is 1. The van der Waals surface area contributed by atoms with Crippen LogP contribution in [0.15, 0.2) is 24.3 Å². The minimum atomic E-state index is -2.27. The predicted molar refractivity (Wildman–Crippen MR) is 51.6 cm³/mol. The zero-order valence-corrected chi connectivity index (χ0v) is 8.01. The Bertz CT molecular complexity index is 298. The van der Waals surface area contributed by atoms with Gasteiger partial charge in [-0.15, -0.1) is 0 Å². The first-order valence-electron chi connectivity index (χ1n) is 3.81. The van der Waals surface area contributed by atoms with E-state index in [1.54, 1.807) is 24.3 Å². The topological polar surface area (TPSA) is 78.2 Å². The van der Waals surface area contributed by atoms with Crippen molar-refractivity contribution >= 4 is 17.0 Å². The highest BCUT2D eigenvalue weighted by Crippen LogP contribution is 2.13. The summed E-state index contributed by atoms with van der Waals surface area (Å²) in [7, 11) is 0. The largest absolute Gasteiger partial charge is 0.755 e. The second-order valence-electron chi connectivity index (χ2n) is 2.75. The molecule has 0 aromatic heterocycles. The van der Waals surface area contributed by atoms with Crippen LogP contribution in [0.3, 0.4) is 0 Å². The van der Waals surface area contributed by atoms with Crippen LogP contribution in [-0.2, 0) is 11.3 Å². The molecular formula is C8H11N2O2S-. The third-order valence-corrected chi connectivity index (χ3v) is 2.04. The average Bonchev–Trinajstić information content (AvgIpc) is 2.04. The van der Waals surface area contributed by atoms with Gasteiger partial charge >= 0.3 is 0 Å². The number of nitrogens with two attached hydrogens (primary N) is 1. The van der Waals surface area contributed by atoms with Crippen molar-refractivity contribution in [2.75, 3.05) is 4.72 Å². The van der Waals surface area contributed by atoms with Crippen molar-refractivity contribution in [3.05, 3.63) is 29.8 Å². The van der Waals surface area contributed by atoms with Gasteiger partial charge in [0.1, 0.15) is 0 Å². The van der Waals surface area contributed by atoms with Gasteiger partial charge in [0, 0.05) is 23.0 Å². The van der Waals surface area contributed by atoms with E-state index in [0.717, 1.165) is 5.56 Å². The Morgan fingerprint density at radius 1 is 1.46 bits per heavy atom. The molecule has 0 radical (unpaired) electrons. The fourth-order valence-corrected chi connectivity index (χ4v) is 1.28. The van der Waals surface area contributed by atoms with Crippen molar-refractivity contribution in [3.8, 4) is 0 Å². The van der Waals surface area contributed by atoms with Crippen LogP contribution in [0.1, 0.15) is 18.5 Å². The van der Waals surface area contributed by atoms with Crippen LogP contribution in [0, 0.1) is 0 Å². The van der Waals surface area contributed by atoms with Crippen LogP contribution in [-0.4, -0.2) is 8.76 Å². The summed E-state index contributed by atoms with van der Waals surface area (Å²) < 4.78 is 22.8. The Morgan fingerprint density at radius 2 is 2.00 bits per heavy atom. The third kappa shape index (κ3) is 3.14. The minimum absolute atomic E-state index is 0.0354. The SMILES string of the molecule is C[C@H](N)c1ccc(NS(=O)[O-])cc1. The number of rotatable bonds is 3. The molecule has 13 heavy (non-hydrogen) atoms. The van der Waals surface area contributed by atoms with E-state index in [2.05, 4.69) is 4.72 Å². The molecule has 72 valence electrons. The summed E-state index contributed by atoms with van der Waals surface area (Å²) in [6, 6.07) is 6.90. The minimum Gasteiger partial charge on any atom is -0.755 e. The van der Waals surface area contributed by atoms with Crippen LogP contribution in [0.2, 0.25) is 0 Å². The summed E-state index contributed by atoms with van der Waals surface area (Å²) in [5.41, 5.74) is 7.14. The summed E-state index contributed by atoms with van der Waals surface area (Å²) in [4.78, 5) is 0. The van der Waals surface area contributed by atoms with Gasteiger partial charge in [0.25, 0.3) is 0 Å². The molecule has 0 bridgehead atoms. The van der Waals surface area contributed by atoms with Crippen LogP contribution in [0.4, 0.5) is 5.69 Å². The molecule has 0 spiro atoms. The van der Waals surface area contributed by atoms with Crippen LogP contribution in [0.5, 0.6) is 0 Å². The smallest absolute Gasteiger partial charge is 0.0452 e. The molecule has 1 aromatic carbocycles. The number of hydrogen-bond acceptors (Lipinski definition) is 3. The molecule has 1 rings (SSSR count). The molecule has 1 unspecified atom stereocenters. The molecular weight excluding hydrogens is 188 g/mol. The summed E-state index contributed by atoms with van der Waals surface area (Å²) in [6.07, 6.45) is 0. The maximum absolute atomic E-state index is 10.3. The first-order valence-corrected chi connectivity index (χ1v) is 4.88. The van der Waals surface area contributed by atoms with Gasteiger partial charge in [-0.2, -0.15) is 0 Å². The zero-order valence-electron chi connectivity index (χ0n) is 7.19. The van der Waals surface area contributed by atoms with Crippen molar-refractivity contribution in [1.29, 1.82) is 0 Å². The van der Waals surface area contributed by atoms with Crippen molar-refractivity contribution in [2.24, 2.45) is 5.73 Å². The average molecular weight is 199 g/mol. The molecule has 0 heterocycles. The summed E-state index contributed by atoms with van der Waals surface area (Å²) in [5.74, 6) is 0. The van der Waals surface area contributed by atoms with Crippen molar-refractivity contribution in [2.45, 2.75) is 13.0 Å². The molecule has 0 aliphatic heterocycles. The Hall–Kier alpha value is -0.910. The Morgan fingerprint density at radius 3 is 2.38 bits per heavy atom. The van der Waals surface area contributed by atoms with Crippen molar-refractivity contribution < 1.29 is 8.76 Å². The van der Waals surface area contributed by atoms with Crippen LogP contribution in [0.25, 0.3) is 0 Å². The van der Waals surface area contributed by atoms with Gasteiger partial charge in [-0.25, -0.2) is 0 Å². The standard InChI is InChI=1S/C8H12N2O2S/c1-6(9)7-2-4-8(5-3-7)10-13(11)12/h2-6,10H,9H2,1H3,(H,11,12)/p-1/t6-/m0/s1. The van der Waals surface area contributed by atoms with E-state index in [-0.39, 0.29) is 6.04 Å². The highest BCUT2D eigenvalue weighted by Gasteiger charge is 1.97. The normalized spacial score (nSPS) is 15.0. The summed E-state index contributed by atoms with van der Waals surface area (Å²) >= 11 is -2.27. The molecule has 4 nitrogen and oxygen atoms in total. The maximum atomic E-state index is 10.3. The lowest BCUT2D eigenvalue weighted by atomic mass is 10.1. The van der Waals surface area contributed by atoms with Crippen LogP contribution >= 0.6 is 0 Å². The van der Waals surface area contributed by atoms with E-state index in [1.807, 2.05) is 6.92 Å². The lowest BCUT2D eigenvalue weighted by Gasteiger charge is -2.10. The van der Waals surface area contributed by atoms with E-state index < -0.39 is 11.3 Å². The van der Waals surface area contributed by atoms with E-state index in [9.17, 15) is 8.76 Å². The van der Waals surface area contributed by atoms with Gasteiger partial charge in [0.15, 0.2) is 0 Å². The molecule has 5 heteroatoms. The van der Waals surface area contributed by atoms with E-state index >= 15 is 0 Å². The van der Waals surface area contributed by atoms with Gasteiger partial charge in [-0.3, -0.25) is 4.21 Å². The molecule has 0 aliphatic rings. The highest BCUT2D eigenvalue weighted by molar-refractivity contribution is 7.80. The van der Waals surface area contributed by atoms with E-state index in [4.69, 9.17) is 5.73 Å². The first kappa shape index (κ1) is 10.2. The lowest BCUT2D eigenvalue weighted by Crippen LogP contribution is -2.06. The maximum Gasteiger partial charge on any atom is 0.0452 e. The van der Waals surface area contributed by atoms with E-state index in [1.165, 1.54) is 0 Å². The monoisotopic (exact) mass is 199 g/mol. The number of nitrogens with one attached hydrogen (secondary N) is 1. The second kappa shape index (κ2) is 4.36. The molecule has 0 saturated carbocycles. The molecule has 1 aromatic rings. The quantitative estimate of drug-likeness (QED) is 0.710. The molecule has 0 saturated heterocycles. The molecule has 0 fully saturated rings. The molecule has 0 amide bonds. The second-order valence-corrected chi connectivity index (χ2v) is 3.42. The molecule has 2 atom stereocenters. The van der Waals surface area contributed by atoms with Gasteiger partial charge in [0.05, 0.1) is 0 Å². The third-order valence-electron chi connectivity index (χ3n) is 1.64. The number of anilines is 1. The summed E-state index contributed by atoms with van der Waals surface area (Å²) in [6.45, 7) is 1.87. The number of hydrogen-bond donors (Lipinski definition) is 2. The Kier molecular flexibility index (Phi) is 3.41. The Labute approximate surface area is 79.6 Å². The fraction of sp³-hybridized carbons (Fsp3) is 0.250. The van der Waals surface area contributed by atoms with Gasteiger partial charge in [0.2, 0.25) is 0 Å². The highest BCUT2D eigenvalue weighted by atomic mass is 32.2. The molecule has 3 N–H and O–H groups in total. The Balaban J connectivity index is 2.75.